The van der Waals surface area contributed by atoms with Crippen LogP contribution in [0, 0.1) is 0 Å². The lowest BCUT2D eigenvalue weighted by Crippen LogP contribution is -2.05. The highest BCUT2D eigenvalue weighted by Gasteiger charge is 2.20. The van der Waals surface area contributed by atoms with Crippen LogP contribution < -0.4 is 4.74 Å². The van der Waals surface area contributed by atoms with Crippen molar-refractivity contribution in [3.63, 3.8) is 0 Å². The fourth-order valence-corrected chi connectivity index (χ4v) is 5.20. The van der Waals surface area contributed by atoms with Crippen LogP contribution in [0.5, 0.6) is 5.75 Å². The van der Waals surface area contributed by atoms with E-state index in [2.05, 4.69) is 95.3 Å². The SMILES string of the molecule is COc1ccc(-c2nnc(SCc3cccc4ccccc34)n2-c2ccccc2C(C)C)cc1. The van der Waals surface area contributed by atoms with Crippen LogP contribution in [0.15, 0.2) is 96.2 Å². The number of thioether (sulfide) groups is 1. The fourth-order valence-electron chi connectivity index (χ4n) is 4.25. The Bertz CT molecular complexity index is 1420. The molecule has 0 amide bonds. The first-order chi connectivity index (χ1) is 16.7. The van der Waals surface area contributed by atoms with Gasteiger partial charge in [0, 0.05) is 11.3 Å². The highest BCUT2D eigenvalue weighted by Crippen LogP contribution is 2.34. The summed E-state index contributed by atoms with van der Waals surface area (Å²) in [6, 6.07) is 31.5. The first kappa shape index (κ1) is 22.2. The number of para-hydroxylation sites is 1. The van der Waals surface area contributed by atoms with Gasteiger partial charge in [-0.05, 0) is 58.1 Å². The fraction of sp³-hybridized carbons (Fsp3) is 0.172. The molecule has 0 unspecified atom stereocenters. The number of ether oxygens (including phenoxy) is 1. The van der Waals surface area contributed by atoms with E-state index in [1.807, 2.05) is 24.3 Å². The van der Waals surface area contributed by atoms with Gasteiger partial charge in [0.05, 0.1) is 12.8 Å². The molecule has 1 aromatic heterocycles. The molecular formula is C29H27N3OS. The highest BCUT2D eigenvalue weighted by molar-refractivity contribution is 7.98. The monoisotopic (exact) mass is 465 g/mol. The summed E-state index contributed by atoms with van der Waals surface area (Å²) in [6.45, 7) is 4.44. The van der Waals surface area contributed by atoms with E-state index in [1.54, 1.807) is 18.9 Å². The third kappa shape index (κ3) is 4.31. The van der Waals surface area contributed by atoms with E-state index in [0.29, 0.717) is 5.92 Å². The molecule has 0 aliphatic heterocycles. The lowest BCUT2D eigenvalue weighted by atomic mass is 10.0. The zero-order chi connectivity index (χ0) is 23.5. The molecule has 1 heterocycles. The van der Waals surface area contributed by atoms with Crippen LogP contribution in [-0.2, 0) is 5.75 Å². The highest BCUT2D eigenvalue weighted by atomic mass is 32.2. The number of nitrogens with zero attached hydrogens (tertiary/aromatic N) is 3. The van der Waals surface area contributed by atoms with Crippen LogP contribution in [0.25, 0.3) is 27.8 Å². The minimum Gasteiger partial charge on any atom is -0.497 e. The first-order valence-electron chi connectivity index (χ1n) is 11.4. The maximum atomic E-state index is 5.35. The molecule has 0 aliphatic rings. The summed E-state index contributed by atoms with van der Waals surface area (Å²) in [4.78, 5) is 0. The van der Waals surface area contributed by atoms with Crippen LogP contribution in [0.1, 0.15) is 30.9 Å². The van der Waals surface area contributed by atoms with Crippen LogP contribution >= 0.6 is 11.8 Å². The van der Waals surface area contributed by atoms with Gasteiger partial charge in [-0.15, -0.1) is 10.2 Å². The summed E-state index contributed by atoms with van der Waals surface area (Å²) in [5.74, 6) is 2.84. The van der Waals surface area contributed by atoms with Crippen LogP contribution in [0.2, 0.25) is 0 Å². The Labute approximate surface area is 204 Å². The third-order valence-electron chi connectivity index (χ3n) is 6.02. The molecule has 5 aromatic rings. The van der Waals surface area contributed by atoms with E-state index in [1.165, 1.54) is 21.9 Å². The molecule has 0 spiro atoms. The lowest BCUT2D eigenvalue weighted by molar-refractivity contribution is 0.415. The lowest BCUT2D eigenvalue weighted by Gasteiger charge is -2.17. The van der Waals surface area contributed by atoms with Crippen molar-refractivity contribution < 1.29 is 4.74 Å². The second-order valence-electron chi connectivity index (χ2n) is 8.51. The topological polar surface area (TPSA) is 39.9 Å². The summed E-state index contributed by atoms with van der Waals surface area (Å²) in [7, 11) is 1.68. The minimum absolute atomic E-state index is 0.373. The molecule has 170 valence electrons. The third-order valence-corrected chi connectivity index (χ3v) is 7.00. The number of aromatic nitrogens is 3. The van der Waals surface area contributed by atoms with Crippen molar-refractivity contribution in [2.24, 2.45) is 0 Å². The molecule has 0 radical (unpaired) electrons. The molecule has 0 N–H and O–H groups in total. The molecule has 5 rings (SSSR count). The number of rotatable bonds is 7. The molecular weight excluding hydrogens is 438 g/mol. The summed E-state index contributed by atoms with van der Waals surface area (Å²) < 4.78 is 7.55. The van der Waals surface area contributed by atoms with Crippen molar-refractivity contribution >= 4 is 22.5 Å². The maximum Gasteiger partial charge on any atom is 0.196 e. The summed E-state index contributed by atoms with van der Waals surface area (Å²) >= 11 is 1.72. The number of hydrogen-bond acceptors (Lipinski definition) is 4. The Hall–Kier alpha value is -3.57. The Balaban J connectivity index is 1.59. The predicted molar refractivity (Wildman–Crippen MR) is 141 cm³/mol. The van der Waals surface area contributed by atoms with Crippen molar-refractivity contribution in [3.05, 3.63) is 102 Å². The van der Waals surface area contributed by atoms with Gasteiger partial charge >= 0.3 is 0 Å². The van der Waals surface area contributed by atoms with Crippen LogP contribution in [0.4, 0.5) is 0 Å². The zero-order valence-electron chi connectivity index (χ0n) is 19.6. The molecule has 34 heavy (non-hydrogen) atoms. The van der Waals surface area contributed by atoms with Gasteiger partial charge in [0.1, 0.15) is 5.75 Å². The second-order valence-corrected chi connectivity index (χ2v) is 9.45. The molecule has 0 saturated heterocycles. The summed E-state index contributed by atoms with van der Waals surface area (Å²) in [5, 5.41) is 12.7. The normalized spacial score (nSPS) is 11.3. The molecule has 4 nitrogen and oxygen atoms in total. The smallest absolute Gasteiger partial charge is 0.196 e. The van der Waals surface area contributed by atoms with Gasteiger partial charge in [0.15, 0.2) is 11.0 Å². The molecule has 5 heteroatoms. The molecule has 4 aromatic carbocycles. The maximum absolute atomic E-state index is 5.35. The summed E-state index contributed by atoms with van der Waals surface area (Å²) in [6.07, 6.45) is 0. The van der Waals surface area contributed by atoms with Crippen molar-refractivity contribution in [1.29, 1.82) is 0 Å². The second kappa shape index (κ2) is 9.74. The number of benzene rings is 4. The molecule has 0 atom stereocenters. The van der Waals surface area contributed by atoms with E-state index >= 15 is 0 Å². The zero-order valence-corrected chi connectivity index (χ0v) is 20.4. The first-order valence-corrected chi connectivity index (χ1v) is 12.4. The minimum atomic E-state index is 0.373. The van der Waals surface area contributed by atoms with Crippen LogP contribution in [0.3, 0.4) is 0 Å². The average molecular weight is 466 g/mol. The Morgan fingerprint density at radius 1 is 0.824 bits per heavy atom. The van der Waals surface area contributed by atoms with Gasteiger partial charge in [-0.3, -0.25) is 4.57 Å². The van der Waals surface area contributed by atoms with E-state index in [0.717, 1.165) is 33.7 Å². The van der Waals surface area contributed by atoms with Gasteiger partial charge in [0.25, 0.3) is 0 Å². The molecule has 0 saturated carbocycles. The van der Waals surface area contributed by atoms with Gasteiger partial charge in [0.2, 0.25) is 0 Å². The Morgan fingerprint density at radius 2 is 1.56 bits per heavy atom. The average Bonchev–Trinajstić information content (AvgIpc) is 3.31. The van der Waals surface area contributed by atoms with Crippen molar-refractivity contribution in [3.8, 4) is 22.8 Å². The van der Waals surface area contributed by atoms with Crippen molar-refractivity contribution in [2.45, 2.75) is 30.7 Å². The number of fused-ring (bicyclic) bond motifs is 1. The van der Waals surface area contributed by atoms with Crippen molar-refractivity contribution in [1.82, 2.24) is 14.8 Å². The predicted octanol–water partition coefficient (Wildman–Crippen LogP) is 7.51. The molecule has 0 aliphatic carbocycles. The Morgan fingerprint density at radius 3 is 2.35 bits per heavy atom. The van der Waals surface area contributed by atoms with Gasteiger partial charge in [-0.25, -0.2) is 0 Å². The van der Waals surface area contributed by atoms with E-state index in [9.17, 15) is 0 Å². The van der Waals surface area contributed by atoms with Crippen LogP contribution in [-0.4, -0.2) is 21.9 Å². The quantitative estimate of drug-likeness (QED) is 0.233. The number of hydrogen-bond donors (Lipinski definition) is 0. The largest absolute Gasteiger partial charge is 0.497 e. The van der Waals surface area contributed by atoms with E-state index in [-0.39, 0.29) is 0 Å². The van der Waals surface area contributed by atoms with Gasteiger partial charge in [-0.1, -0.05) is 86.3 Å². The molecule has 0 bridgehead atoms. The van der Waals surface area contributed by atoms with Crippen molar-refractivity contribution in [2.75, 3.05) is 7.11 Å². The van der Waals surface area contributed by atoms with E-state index < -0.39 is 0 Å². The Kier molecular flexibility index (Phi) is 6.37. The van der Waals surface area contributed by atoms with Gasteiger partial charge < -0.3 is 4.74 Å². The van der Waals surface area contributed by atoms with Gasteiger partial charge in [-0.2, -0.15) is 0 Å². The number of methoxy groups -OCH3 is 1. The standard InChI is InChI=1S/C29H27N3OS/c1-20(2)25-12-6-7-14-27(25)32-28(22-15-17-24(33-3)18-16-22)30-31-29(32)34-19-23-11-8-10-21-9-4-5-13-26(21)23/h4-18,20H,19H2,1-3H3. The summed E-state index contributed by atoms with van der Waals surface area (Å²) in [5.41, 5.74) is 4.68. The molecule has 0 fully saturated rings. The van der Waals surface area contributed by atoms with E-state index in [4.69, 9.17) is 4.74 Å².